The first kappa shape index (κ1) is 19.1. The second kappa shape index (κ2) is 7.62. The number of carbonyl (C=O) groups is 1. The average molecular weight is 397 g/mol. The van der Waals surface area contributed by atoms with Gasteiger partial charge in [-0.15, -0.1) is 0 Å². The third kappa shape index (κ3) is 4.42. The number of anilines is 1. The van der Waals surface area contributed by atoms with Gasteiger partial charge in [0.05, 0.1) is 0 Å². The van der Waals surface area contributed by atoms with Crippen LogP contribution in [-0.2, 0) is 24.2 Å². The molecule has 1 N–H and O–H groups in total. The second-order valence-corrected chi connectivity index (χ2v) is 6.96. The van der Waals surface area contributed by atoms with Gasteiger partial charge in [0.2, 0.25) is 0 Å². The lowest BCUT2D eigenvalue weighted by Gasteiger charge is -2.16. The lowest BCUT2D eigenvalue weighted by atomic mass is 9.96. The van der Waals surface area contributed by atoms with Crippen molar-refractivity contribution in [2.45, 2.75) is 25.6 Å². The molecule has 0 radical (unpaired) electrons. The zero-order chi connectivity index (χ0) is 20.4. The number of aryl methyl sites for hydroxylation is 2. The van der Waals surface area contributed by atoms with E-state index >= 15 is 0 Å². The molecule has 0 saturated heterocycles. The molecule has 3 aromatic carbocycles. The van der Waals surface area contributed by atoms with Crippen LogP contribution in [0.5, 0.6) is 5.75 Å². The van der Waals surface area contributed by atoms with Crippen molar-refractivity contribution >= 4 is 11.6 Å². The van der Waals surface area contributed by atoms with Crippen molar-refractivity contribution in [3.63, 3.8) is 0 Å². The van der Waals surface area contributed by atoms with Crippen LogP contribution in [0.3, 0.4) is 0 Å². The number of amides is 1. The maximum atomic E-state index is 12.7. The molecule has 2 heterocycles. The Kier molecular flexibility index (Phi) is 5.01. The van der Waals surface area contributed by atoms with E-state index in [0.717, 1.165) is 34.4 Å². The van der Waals surface area contributed by atoms with Gasteiger partial charge >= 0.3 is 12.1 Å². The first-order chi connectivity index (χ1) is 13.9. The van der Waals surface area contributed by atoms with E-state index in [1.54, 1.807) is 6.07 Å². The minimum absolute atomic E-state index is 0.133. The average Bonchev–Trinajstić information content (AvgIpc) is 2.71. The summed E-state index contributed by atoms with van der Waals surface area (Å²) in [4.78, 5) is 11.5. The highest BCUT2D eigenvalue weighted by atomic mass is 19.4. The number of carbonyl (C=O) groups excluding carboxylic acids is 1. The fraction of sp³-hybridized carbons (Fsp3) is 0.174. The normalized spacial score (nSPS) is 13.3. The molecule has 0 unspecified atom stereocenters. The Balaban J connectivity index is 1.75. The zero-order valence-corrected chi connectivity index (χ0v) is 15.4. The minimum Gasteiger partial charge on any atom is -0.489 e. The van der Waals surface area contributed by atoms with Gasteiger partial charge in [0.15, 0.2) is 0 Å². The SMILES string of the molecule is O=C(Nc1ccc2cc1-c1ccc(cc1)COc1cccc(c1)CC2)C(F)(F)F. The number of fused-ring (bicyclic) bond motifs is 4. The van der Waals surface area contributed by atoms with Crippen LogP contribution in [0.2, 0.25) is 0 Å². The lowest BCUT2D eigenvalue weighted by molar-refractivity contribution is -0.167. The van der Waals surface area contributed by atoms with Gasteiger partial charge in [0.25, 0.3) is 0 Å². The van der Waals surface area contributed by atoms with Crippen LogP contribution in [0.25, 0.3) is 11.1 Å². The third-order valence-electron chi connectivity index (χ3n) is 4.86. The smallest absolute Gasteiger partial charge is 0.471 e. The Morgan fingerprint density at radius 3 is 2.28 bits per heavy atom. The first-order valence-electron chi connectivity index (χ1n) is 9.21. The van der Waals surface area contributed by atoms with Crippen LogP contribution < -0.4 is 10.1 Å². The summed E-state index contributed by atoms with van der Waals surface area (Å²) in [5, 5.41) is 2.00. The van der Waals surface area contributed by atoms with Crippen molar-refractivity contribution in [1.82, 2.24) is 0 Å². The van der Waals surface area contributed by atoms with Crippen molar-refractivity contribution in [2.75, 3.05) is 5.32 Å². The Morgan fingerprint density at radius 1 is 0.862 bits per heavy atom. The number of benzene rings is 3. The summed E-state index contributed by atoms with van der Waals surface area (Å²) >= 11 is 0. The highest BCUT2D eigenvalue weighted by molar-refractivity contribution is 5.98. The number of hydrogen-bond donors (Lipinski definition) is 1. The largest absolute Gasteiger partial charge is 0.489 e. The summed E-state index contributed by atoms with van der Waals surface area (Å²) in [5.74, 6) is -1.18. The van der Waals surface area contributed by atoms with Crippen LogP contribution in [0.4, 0.5) is 18.9 Å². The molecule has 0 atom stereocenters. The molecule has 2 aliphatic rings. The van der Waals surface area contributed by atoms with E-state index in [1.165, 1.54) is 6.07 Å². The van der Waals surface area contributed by atoms with Gasteiger partial charge in [-0.05, 0) is 59.4 Å². The molecular formula is C23H18F3NO2. The van der Waals surface area contributed by atoms with Gasteiger partial charge in [-0.1, -0.05) is 42.5 Å². The Morgan fingerprint density at radius 2 is 1.55 bits per heavy atom. The maximum absolute atomic E-state index is 12.7. The van der Waals surface area contributed by atoms with Gasteiger partial charge < -0.3 is 10.1 Å². The van der Waals surface area contributed by atoms with Crippen LogP contribution in [-0.4, -0.2) is 12.1 Å². The van der Waals surface area contributed by atoms with Gasteiger partial charge in [0.1, 0.15) is 12.4 Å². The highest BCUT2D eigenvalue weighted by Gasteiger charge is 2.39. The Bertz CT molecular complexity index is 1040. The Hall–Kier alpha value is -3.28. The van der Waals surface area contributed by atoms with Crippen molar-refractivity contribution in [2.24, 2.45) is 0 Å². The second-order valence-electron chi connectivity index (χ2n) is 6.96. The number of hydrogen-bond acceptors (Lipinski definition) is 2. The van der Waals surface area contributed by atoms with Gasteiger partial charge in [-0.25, -0.2) is 0 Å². The first-order valence-corrected chi connectivity index (χ1v) is 9.21. The summed E-state index contributed by atoms with van der Waals surface area (Å²) in [6.07, 6.45) is -3.47. The van der Waals surface area contributed by atoms with Gasteiger partial charge in [-0.3, -0.25) is 4.79 Å². The molecule has 0 aromatic heterocycles. The quantitative estimate of drug-likeness (QED) is 0.586. The van der Waals surface area contributed by atoms with Crippen molar-refractivity contribution in [1.29, 1.82) is 0 Å². The highest BCUT2D eigenvalue weighted by Crippen LogP contribution is 2.32. The van der Waals surface area contributed by atoms with Crippen molar-refractivity contribution in [3.8, 4) is 16.9 Å². The number of halogens is 3. The van der Waals surface area contributed by atoms with E-state index in [4.69, 9.17) is 4.74 Å². The molecule has 6 bridgehead atoms. The molecule has 0 saturated carbocycles. The molecule has 2 aliphatic heterocycles. The van der Waals surface area contributed by atoms with E-state index < -0.39 is 12.1 Å². The standard InChI is InChI=1S/C23H18F3NO2/c24-23(25,26)22(28)27-21-11-8-16-5-4-15-2-1-3-19(12-15)29-14-17-6-9-18(10-7-17)20(21)13-16/h1-3,6-13H,4-5,14H2,(H,27,28). The van der Waals surface area contributed by atoms with E-state index in [0.29, 0.717) is 18.6 Å². The Labute approximate surface area is 166 Å². The topological polar surface area (TPSA) is 38.3 Å². The summed E-state index contributed by atoms with van der Waals surface area (Å²) in [7, 11) is 0. The lowest BCUT2D eigenvalue weighted by Crippen LogP contribution is -2.30. The molecule has 5 rings (SSSR count). The molecule has 3 nitrogen and oxygen atoms in total. The molecule has 1 amide bonds. The fourth-order valence-corrected chi connectivity index (χ4v) is 3.31. The molecule has 0 spiro atoms. The van der Waals surface area contributed by atoms with Crippen LogP contribution in [0.15, 0.2) is 66.7 Å². The van der Waals surface area contributed by atoms with Gasteiger partial charge in [-0.2, -0.15) is 13.2 Å². The van der Waals surface area contributed by atoms with E-state index in [9.17, 15) is 18.0 Å². The predicted octanol–water partition coefficient (Wildman–Crippen LogP) is 5.53. The minimum atomic E-state index is -4.95. The number of nitrogens with one attached hydrogen (secondary N) is 1. The van der Waals surface area contributed by atoms with Gasteiger partial charge in [0, 0.05) is 11.3 Å². The molecule has 3 aromatic rings. The van der Waals surface area contributed by atoms with Crippen LogP contribution in [0, 0.1) is 0 Å². The van der Waals surface area contributed by atoms with E-state index in [1.807, 2.05) is 59.9 Å². The molecule has 0 aliphatic carbocycles. The molecule has 148 valence electrons. The number of alkyl halides is 3. The third-order valence-corrected chi connectivity index (χ3v) is 4.86. The maximum Gasteiger partial charge on any atom is 0.471 e. The molecular weight excluding hydrogens is 379 g/mol. The van der Waals surface area contributed by atoms with E-state index in [2.05, 4.69) is 0 Å². The van der Waals surface area contributed by atoms with Crippen molar-refractivity contribution < 1.29 is 22.7 Å². The molecule has 29 heavy (non-hydrogen) atoms. The van der Waals surface area contributed by atoms with E-state index in [-0.39, 0.29) is 5.69 Å². The van der Waals surface area contributed by atoms with Crippen molar-refractivity contribution in [3.05, 3.63) is 83.4 Å². The summed E-state index contributed by atoms with van der Waals surface area (Å²) in [6, 6.07) is 20.4. The predicted molar refractivity (Wildman–Crippen MR) is 105 cm³/mol. The fourth-order valence-electron chi connectivity index (χ4n) is 3.31. The number of ether oxygens (including phenoxy) is 1. The molecule has 0 fully saturated rings. The molecule has 6 heteroatoms. The summed E-state index contributed by atoms with van der Waals surface area (Å²) < 4.78 is 44.1. The van der Waals surface area contributed by atoms with Crippen LogP contribution >= 0.6 is 0 Å². The van der Waals surface area contributed by atoms with Crippen LogP contribution in [0.1, 0.15) is 16.7 Å². The summed E-state index contributed by atoms with van der Waals surface area (Å²) in [5.41, 5.74) is 4.44. The number of rotatable bonds is 1. The summed E-state index contributed by atoms with van der Waals surface area (Å²) in [6.45, 7) is 0.390. The zero-order valence-electron chi connectivity index (χ0n) is 15.4. The monoisotopic (exact) mass is 397 g/mol.